The van der Waals surface area contributed by atoms with Gasteiger partial charge in [0.05, 0.1) is 25.1 Å². The molecule has 0 bridgehead atoms. The number of hydrogen-bond acceptors (Lipinski definition) is 6. The molecule has 4 unspecified atom stereocenters. The molecule has 168 valence electrons. The predicted molar refractivity (Wildman–Crippen MR) is 115 cm³/mol. The Morgan fingerprint density at radius 1 is 1.12 bits per heavy atom. The average Bonchev–Trinajstić information content (AvgIpc) is 2.76. The molecule has 2 aliphatic heterocycles. The van der Waals surface area contributed by atoms with Crippen LogP contribution in [0.25, 0.3) is 0 Å². The average molecular weight is 441 g/mol. The van der Waals surface area contributed by atoms with Crippen LogP contribution in [0.3, 0.4) is 0 Å². The lowest BCUT2D eigenvalue weighted by Crippen LogP contribution is -2.72. The van der Waals surface area contributed by atoms with Crippen molar-refractivity contribution in [2.75, 3.05) is 17.7 Å². The summed E-state index contributed by atoms with van der Waals surface area (Å²) in [4.78, 5) is 38.3. The lowest BCUT2D eigenvalue weighted by molar-refractivity contribution is -0.144. The van der Waals surface area contributed by atoms with Crippen LogP contribution in [0.5, 0.6) is 5.75 Å². The molecule has 2 aromatic carbocycles. The highest BCUT2D eigenvalue weighted by Gasteiger charge is 2.48. The first-order valence-electron chi connectivity index (χ1n) is 10.2. The molecule has 2 aromatic rings. The lowest BCUT2D eigenvalue weighted by Gasteiger charge is -2.43. The van der Waals surface area contributed by atoms with Crippen LogP contribution < -0.4 is 31.3 Å². The maximum Gasteiger partial charge on any atom is 0.229 e. The minimum Gasteiger partial charge on any atom is -0.497 e. The molecule has 3 amide bonds. The fraction of sp³-hybridized carbons (Fsp3) is 0.318. The molecule has 9 nitrogen and oxygen atoms in total. The molecule has 2 saturated heterocycles. The van der Waals surface area contributed by atoms with Gasteiger partial charge in [-0.3, -0.25) is 19.7 Å². The van der Waals surface area contributed by atoms with E-state index in [1.54, 1.807) is 12.1 Å². The van der Waals surface area contributed by atoms with Crippen molar-refractivity contribution >= 4 is 29.1 Å². The number of piperidine rings is 1. The maximum atomic E-state index is 13.1. The number of hydrogen-bond donors (Lipinski definition) is 5. The molecule has 4 rings (SSSR count). The first-order valence-corrected chi connectivity index (χ1v) is 10.2. The molecule has 0 saturated carbocycles. The number of aryl methyl sites for hydroxylation is 1. The molecule has 5 N–H and O–H groups in total. The monoisotopic (exact) mass is 441 g/mol. The van der Waals surface area contributed by atoms with Gasteiger partial charge in [0.15, 0.2) is 6.29 Å². The summed E-state index contributed by atoms with van der Waals surface area (Å²) in [7, 11) is 1.53. The van der Waals surface area contributed by atoms with Crippen molar-refractivity contribution in [3.05, 3.63) is 53.8 Å². The summed E-state index contributed by atoms with van der Waals surface area (Å²) in [6, 6.07) is 10.9. The number of benzene rings is 2. The van der Waals surface area contributed by atoms with Crippen molar-refractivity contribution in [2.24, 2.45) is 11.8 Å². The van der Waals surface area contributed by atoms with Crippen molar-refractivity contribution in [1.82, 2.24) is 16.0 Å². The van der Waals surface area contributed by atoms with Crippen LogP contribution in [0.15, 0.2) is 42.5 Å². The normalized spacial score (nSPS) is 24.6. The van der Waals surface area contributed by atoms with Crippen molar-refractivity contribution in [2.45, 2.75) is 25.8 Å². The van der Waals surface area contributed by atoms with E-state index in [2.05, 4.69) is 26.6 Å². The number of carbonyl (C=O) groups is 3. The van der Waals surface area contributed by atoms with Crippen molar-refractivity contribution in [3.8, 4) is 5.75 Å². The Hall–Kier alpha value is -3.66. The highest BCUT2D eigenvalue weighted by atomic mass is 19.1. The summed E-state index contributed by atoms with van der Waals surface area (Å²) in [5.41, 5.74) is 1.95. The quantitative estimate of drug-likeness (QED) is 0.477. The van der Waals surface area contributed by atoms with E-state index in [1.165, 1.54) is 31.4 Å². The highest BCUT2D eigenvalue weighted by Crippen LogP contribution is 2.29. The predicted octanol–water partition coefficient (Wildman–Crippen LogP) is 1.27. The number of fused-ring (bicyclic) bond motifs is 1. The molecule has 4 atom stereocenters. The molecular weight excluding hydrogens is 417 g/mol. The third-order valence-electron chi connectivity index (χ3n) is 5.64. The Balaban J connectivity index is 1.49. The van der Waals surface area contributed by atoms with Gasteiger partial charge in [0.2, 0.25) is 17.7 Å². The van der Waals surface area contributed by atoms with E-state index < -0.39 is 30.2 Å². The fourth-order valence-electron chi connectivity index (χ4n) is 3.95. The van der Waals surface area contributed by atoms with Gasteiger partial charge >= 0.3 is 0 Å². The van der Waals surface area contributed by atoms with Gasteiger partial charge in [-0.15, -0.1) is 0 Å². The Kier molecular flexibility index (Phi) is 5.95. The van der Waals surface area contributed by atoms with Gasteiger partial charge in [-0.2, -0.15) is 0 Å². The number of methoxy groups -OCH3 is 1. The largest absolute Gasteiger partial charge is 0.497 e. The number of carbonyl (C=O) groups excluding carboxylic acids is 3. The first-order chi connectivity index (χ1) is 15.3. The summed E-state index contributed by atoms with van der Waals surface area (Å²) in [6.07, 6.45) is -1.57. The lowest BCUT2D eigenvalue weighted by atomic mass is 9.81. The zero-order valence-corrected chi connectivity index (χ0v) is 17.6. The second-order valence-electron chi connectivity index (χ2n) is 7.81. The highest BCUT2D eigenvalue weighted by molar-refractivity contribution is 6.00. The van der Waals surface area contributed by atoms with Gasteiger partial charge in [0.1, 0.15) is 11.6 Å². The Morgan fingerprint density at radius 2 is 1.88 bits per heavy atom. The molecule has 0 aliphatic carbocycles. The molecule has 10 heteroatoms. The van der Waals surface area contributed by atoms with Crippen LogP contribution >= 0.6 is 0 Å². The topological polar surface area (TPSA) is 121 Å². The second kappa shape index (κ2) is 8.83. The molecule has 2 fully saturated rings. The molecule has 0 aromatic heterocycles. The van der Waals surface area contributed by atoms with Crippen LogP contribution in [0, 0.1) is 24.6 Å². The maximum absolute atomic E-state index is 13.1. The molecule has 0 radical (unpaired) electrons. The molecular formula is C22H24FN5O4. The number of halogens is 1. The summed E-state index contributed by atoms with van der Waals surface area (Å²) in [5, 5.41) is 14.4. The number of anilines is 2. The number of amides is 3. The van der Waals surface area contributed by atoms with Gasteiger partial charge < -0.3 is 26.0 Å². The van der Waals surface area contributed by atoms with Gasteiger partial charge in [0.25, 0.3) is 0 Å². The van der Waals surface area contributed by atoms with Crippen molar-refractivity contribution in [3.63, 3.8) is 0 Å². The van der Waals surface area contributed by atoms with Gasteiger partial charge in [-0.05, 0) is 42.8 Å². The van der Waals surface area contributed by atoms with Crippen LogP contribution in [-0.2, 0) is 14.4 Å². The van der Waals surface area contributed by atoms with E-state index in [-0.39, 0.29) is 24.1 Å². The summed E-state index contributed by atoms with van der Waals surface area (Å²) >= 11 is 0. The van der Waals surface area contributed by atoms with Crippen molar-refractivity contribution in [1.29, 1.82) is 0 Å². The van der Waals surface area contributed by atoms with Gasteiger partial charge in [-0.25, -0.2) is 4.39 Å². The van der Waals surface area contributed by atoms with Crippen LogP contribution in [0.4, 0.5) is 15.8 Å². The Bertz CT molecular complexity index is 1050. The first kappa shape index (κ1) is 21.6. The minimum atomic E-state index is -0.862. The van der Waals surface area contributed by atoms with E-state index in [4.69, 9.17) is 4.74 Å². The van der Waals surface area contributed by atoms with E-state index in [0.717, 1.165) is 5.56 Å². The summed E-state index contributed by atoms with van der Waals surface area (Å²) in [5.74, 6) is -2.60. The van der Waals surface area contributed by atoms with E-state index in [1.807, 2.05) is 13.0 Å². The number of nitrogens with one attached hydrogen (secondary N) is 5. The Morgan fingerprint density at radius 3 is 2.59 bits per heavy atom. The van der Waals surface area contributed by atoms with Crippen molar-refractivity contribution < 1.29 is 23.5 Å². The minimum absolute atomic E-state index is 0.110. The zero-order valence-electron chi connectivity index (χ0n) is 17.6. The molecule has 2 aliphatic rings. The second-order valence-corrected chi connectivity index (χ2v) is 7.81. The van der Waals surface area contributed by atoms with Crippen LogP contribution in [-0.4, -0.2) is 37.3 Å². The molecule has 2 heterocycles. The summed E-state index contributed by atoms with van der Waals surface area (Å²) in [6.45, 7) is 1.84. The van der Waals surface area contributed by atoms with Gasteiger partial charge in [0, 0.05) is 23.9 Å². The SMILES string of the molecule is COc1ccc(C)c(NC(=O)C2CC(=O)NC3NC(Nc4ccc(F)cc4)NC(=O)C32)c1. The van der Waals surface area contributed by atoms with E-state index in [0.29, 0.717) is 17.1 Å². The number of ether oxygens (including phenoxy) is 1. The van der Waals surface area contributed by atoms with Crippen LogP contribution in [0.1, 0.15) is 12.0 Å². The fourth-order valence-corrected chi connectivity index (χ4v) is 3.95. The molecule has 32 heavy (non-hydrogen) atoms. The molecule has 0 spiro atoms. The van der Waals surface area contributed by atoms with Crippen LogP contribution in [0.2, 0.25) is 0 Å². The Labute approximate surface area is 184 Å². The number of rotatable bonds is 5. The smallest absolute Gasteiger partial charge is 0.229 e. The standard InChI is InChI=1S/C22H24FN5O4/c1-11-3-8-14(32-2)9-16(11)25-20(30)15-10-17(29)26-19-18(15)21(31)28-22(27-19)24-13-6-4-12(23)5-7-13/h3-9,15,18-19,22,24,27H,10H2,1-2H3,(H,25,30)(H,26,29)(H,28,31). The summed E-state index contributed by atoms with van der Waals surface area (Å²) < 4.78 is 18.3. The van der Waals surface area contributed by atoms with Gasteiger partial charge in [-0.1, -0.05) is 6.07 Å². The third-order valence-corrected chi connectivity index (χ3v) is 5.64. The van der Waals surface area contributed by atoms with E-state index >= 15 is 0 Å². The third kappa shape index (κ3) is 4.50. The zero-order chi connectivity index (χ0) is 22.8. The van der Waals surface area contributed by atoms with E-state index in [9.17, 15) is 18.8 Å².